The van der Waals surface area contributed by atoms with Crippen LogP contribution in [0.1, 0.15) is 59.8 Å². The van der Waals surface area contributed by atoms with E-state index in [0.29, 0.717) is 5.41 Å². The quantitative estimate of drug-likeness (QED) is 0.602. The van der Waals surface area contributed by atoms with Gasteiger partial charge in [0.2, 0.25) is 0 Å². The van der Waals surface area contributed by atoms with Gasteiger partial charge >= 0.3 is 0 Å². The summed E-state index contributed by atoms with van der Waals surface area (Å²) in [5, 5.41) is 0. The van der Waals surface area contributed by atoms with Crippen LogP contribution in [0.2, 0.25) is 0 Å². The molecule has 0 aromatic carbocycles. The van der Waals surface area contributed by atoms with Crippen molar-refractivity contribution in [1.29, 1.82) is 0 Å². The number of allylic oxidation sites excluding steroid dienone is 4. The van der Waals surface area contributed by atoms with Crippen molar-refractivity contribution in [2.24, 2.45) is 11.3 Å². The average Bonchev–Trinajstić information content (AvgIpc) is 2.97. The standard InChI is InChI=1S/C15H24/c1-5-13(12-8-9-12)14-7-6-10-15(3,4)11(14)2/h5,12H,6-10H2,1-4H3. The smallest absolute Gasteiger partial charge is 0.0141 e. The highest BCUT2D eigenvalue weighted by atomic mass is 14.4. The molecule has 0 heteroatoms. The molecule has 0 radical (unpaired) electrons. The molecule has 0 aromatic heterocycles. The Labute approximate surface area is 94.5 Å². The van der Waals surface area contributed by atoms with Crippen LogP contribution in [0.4, 0.5) is 0 Å². The fourth-order valence-corrected chi connectivity index (χ4v) is 2.90. The van der Waals surface area contributed by atoms with Gasteiger partial charge in [-0.2, -0.15) is 0 Å². The molecule has 84 valence electrons. The van der Waals surface area contributed by atoms with E-state index in [1.165, 1.54) is 32.1 Å². The lowest BCUT2D eigenvalue weighted by molar-refractivity contribution is 0.368. The molecular formula is C15H24. The largest absolute Gasteiger partial charge is 0.0839 e. The maximum absolute atomic E-state index is 2.40. The molecule has 1 fully saturated rings. The van der Waals surface area contributed by atoms with Gasteiger partial charge in [-0.15, -0.1) is 0 Å². The summed E-state index contributed by atoms with van der Waals surface area (Å²) in [5.74, 6) is 0.911. The molecule has 1 saturated carbocycles. The Morgan fingerprint density at radius 2 is 2.00 bits per heavy atom. The molecule has 0 unspecified atom stereocenters. The maximum Gasteiger partial charge on any atom is -0.0141 e. The third-order valence-corrected chi connectivity index (χ3v) is 4.37. The van der Waals surface area contributed by atoms with Gasteiger partial charge in [-0.25, -0.2) is 0 Å². The van der Waals surface area contributed by atoms with Crippen molar-refractivity contribution in [3.8, 4) is 0 Å². The first-order chi connectivity index (χ1) is 7.06. The molecule has 2 aliphatic rings. The highest BCUT2D eigenvalue weighted by Crippen LogP contribution is 2.48. The van der Waals surface area contributed by atoms with Crippen molar-refractivity contribution in [3.63, 3.8) is 0 Å². The zero-order valence-electron chi connectivity index (χ0n) is 10.7. The van der Waals surface area contributed by atoms with E-state index in [0.717, 1.165) is 5.92 Å². The van der Waals surface area contributed by atoms with Crippen LogP contribution in [-0.2, 0) is 0 Å². The minimum absolute atomic E-state index is 0.441. The van der Waals surface area contributed by atoms with Crippen molar-refractivity contribution in [1.82, 2.24) is 0 Å². The van der Waals surface area contributed by atoms with Gasteiger partial charge in [0, 0.05) is 0 Å². The molecule has 0 bridgehead atoms. The molecule has 15 heavy (non-hydrogen) atoms. The van der Waals surface area contributed by atoms with E-state index >= 15 is 0 Å². The maximum atomic E-state index is 2.40. The number of hydrogen-bond donors (Lipinski definition) is 0. The first-order valence-electron chi connectivity index (χ1n) is 6.43. The predicted octanol–water partition coefficient (Wildman–Crippen LogP) is 4.87. The van der Waals surface area contributed by atoms with Gasteiger partial charge in [0.25, 0.3) is 0 Å². The van der Waals surface area contributed by atoms with Crippen molar-refractivity contribution >= 4 is 0 Å². The Hall–Kier alpha value is -0.520. The molecule has 0 amide bonds. The highest BCUT2D eigenvalue weighted by molar-refractivity contribution is 5.41. The van der Waals surface area contributed by atoms with E-state index in [4.69, 9.17) is 0 Å². The van der Waals surface area contributed by atoms with Crippen LogP contribution in [0.3, 0.4) is 0 Å². The van der Waals surface area contributed by atoms with E-state index in [9.17, 15) is 0 Å². The van der Waals surface area contributed by atoms with Crippen molar-refractivity contribution < 1.29 is 0 Å². The molecule has 0 saturated heterocycles. The second-order valence-corrected chi connectivity index (χ2v) is 5.86. The van der Waals surface area contributed by atoms with Gasteiger partial charge in [0.1, 0.15) is 0 Å². The van der Waals surface area contributed by atoms with Gasteiger partial charge in [-0.1, -0.05) is 25.5 Å². The van der Waals surface area contributed by atoms with Crippen LogP contribution in [0, 0.1) is 11.3 Å². The summed E-state index contributed by atoms with van der Waals surface area (Å²) in [6.07, 6.45) is 9.30. The molecule has 0 aliphatic heterocycles. The summed E-state index contributed by atoms with van der Waals surface area (Å²) in [6, 6.07) is 0. The van der Waals surface area contributed by atoms with Gasteiger partial charge in [0.05, 0.1) is 0 Å². The van der Waals surface area contributed by atoms with Crippen molar-refractivity contribution in [2.75, 3.05) is 0 Å². The Morgan fingerprint density at radius 1 is 1.33 bits per heavy atom. The summed E-state index contributed by atoms with van der Waals surface area (Å²) < 4.78 is 0. The van der Waals surface area contributed by atoms with Crippen LogP contribution in [0.5, 0.6) is 0 Å². The first-order valence-corrected chi connectivity index (χ1v) is 6.43. The Balaban J connectivity index is 2.33. The second kappa shape index (κ2) is 3.81. The summed E-state index contributed by atoms with van der Waals surface area (Å²) in [7, 11) is 0. The highest BCUT2D eigenvalue weighted by Gasteiger charge is 2.33. The fraction of sp³-hybridized carbons (Fsp3) is 0.733. The van der Waals surface area contributed by atoms with E-state index in [1.807, 2.05) is 0 Å². The van der Waals surface area contributed by atoms with Crippen molar-refractivity contribution in [2.45, 2.75) is 59.8 Å². The Bertz CT molecular complexity index is 311. The summed E-state index contributed by atoms with van der Waals surface area (Å²) in [4.78, 5) is 0. The molecule has 2 aliphatic carbocycles. The predicted molar refractivity (Wildman–Crippen MR) is 66.8 cm³/mol. The average molecular weight is 204 g/mol. The zero-order chi connectivity index (χ0) is 11.1. The second-order valence-electron chi connectivity index (χ2n) is 5.86. The molecule has 0 spiro atoms. The first kappa shape index (κ1) is 11.0. The number of hydrogen-bond acceptors (Lipinski definition) is 0. The van der Waals surface area contributed by atoms with Crippen LogP contribution < -0.4 is 0 Å². The topological polar surface area (TPSA) is 0 Å². The SMILES string of the molecule is CC=C(C1=C(C)C(C)(C)CCC1)C1CC1. The summed E-state index contributed by atoms with van der Waals surface area (Å²) >= 11 is 0. The summed E-state index contributed by atoms with van der Waals surface area (Å²) in [6.45, 7) is 9.39. The Kier molecular flexibility index (Phi) is 2.79. The summed E-state index contributed by atoms with van der Waals surface area (Å²) in [5.41, 5.74) is 5.49. The minimum atomic E-state index is 0.441. The number of rotatable bonds is 2. The van der Waals surface area contributed by atoms with Gasteiger partial charge in [0.15, 0.2) is 0 Å². The lowest BCUT2D eigenvalue weighted by Gasteiger charge is -2.34. The monoisotopic (exact) mass is 204 g/mol. The molecule has 0 nitrogen and oxygen atoms in total. The van der Waals surface area contributed by atoms with Crippen LogP contribution in [0.15, 0.2) is 22.8 Å². The molecule has 0 heterocycles. The normalized spacial score (nSPS) is 27.1. The van der Waals surface area contributed by atoms with E-state index in [-0.39, 0.29) is 0 Å². The van der Waals surface area contributed by atoms with Crippen LogP contribution in [-0.4, -0.2) is 0 Å². The molecule has 0 aromatic rings. The zero-order valence-corrected chi connectivity index (χ0v) is 10.7. The lowest BCUT2D eigenvalue weighted by atomic mass is 9.71. The fourth-order valence-electron chi connectivity index (χ4n) is 2.90. The van der Waals surface area contributed by atoms with E-state index in [1.54, 1.807) is 16.7 Å². The molecular weight excluding hydrogens is 180 g/mol. The van der Waals surface area contributed by atoms with Crippen LogP contribution in [0.25, 0.3) is 0 Å². The van der Waals surface area contributed by atoms with E-state index < -0.39 is 0 Å². The van der Waals surface area contributed by atoms with Gasteiger partial charge < -0.3 is 0 Å². The lowest BCUT2D eigenvalue weighted by Crippen LogP contribution is -2.20. The molecule has 0 atom stereocenters. The molecule has 2 rings (SSSR count). The van der Waals surface area contributed by atoms with Crippen molar-refractivity contribution in [3.05, 3.63) is 22.8 Å². The van der Waals surface area contributed by atoms with Gasteiger partial charge in [-0.3, -0.25) is 0 Å². The van der Waals surface area contributed by atoms with Crippen LogP contribution >= 0.6 is 0 Å². The Morgan fingerprint density at radius 3 is 2.53 bits per heavy atom. The molecule has 0 N–H and O–H groups in total. The minimum Gasteiger partial charge on any atom is -0.0839 e. The third-order valence-electron chi connectivity index (χ3n) is 4.37. The van der Waals surface area contributed by atoms with Gasteiger partial charge in [-0.05, 0) is 68.4 Å². The van der Waals surface area contributed by atoms with E-state index in [2.05, 4.69) is 33.8 Å². The third kappa shape index (κ3) is 2.04.